The molecule has 5 rings (SSSR count). The summed E-state index contributed by atoms with van der Waals surface area (Å²) in [4.78, 5) is 41.4. The molecule has 1 aliphatic carbocycles. The lowest BCUT2D eigenvalue weighted by Gasteiger charge is -2.26. The third-order valence-corrected chi connectivity index (χ3v) is 8.77. The number of nitrogens with zero attached hydrogens (tertiary/aromatic N) is 3. The van der Waals surface area contributed by atoms with E-state index in [1.54, 1.807) is 32.9 Å². The van der Waals surface area contributed by atoms with Crippen molar-refractivity contribution in [2.24, 2.45) is 0 Å². The Morgan fingerprint density at radius 2 is 1.85 bits per heavy atom. The molecule has 1 aliphatic heterocycles. The number of aromatic nitrogens is 2. The van der Waals surface area contributed by atoms with Crippen LogP contribution in [-0.2, 0) is 22.5 Å². The van der Waals surface area contributed by atoms with Crippen LogP contribution in [0.4, 0.5) is 19.3 Å². The number of carbonyl (C=O) groups is 3. The molecule has 0 unspecified atom stereocenters. The minimum atomic E-state index is -0.959. The van der Waals surface area contributed by atoms with Gasteiger partial charge in [-0.1, -0.05) is 23.5 Å². The molecule has 0 saturated heterocycles. The molecule has 0 radical (unpaired) electrons. The van der Waals surface area contributed by atoms with Crippen molar-refractivity contribution in [2.45, 2.75) is 75.5 Å². The Hall–Kier alpha value is -3.38. The van der Waals surface area contributed by atoms with Gasteiger partial charge in [0.05, 0.1) is 17.8 Å². The van der Waals surface area contributed by atoms with Crippen LogP contribution in [0.5, 0.6) is 0 Å². The Balaban J connectivity index is 1.43. The summed E-state index contributed by atoms with van der Waals surface area (Å²) in [6, 6.07) is 7.50. The molecule has 3 aromatic rings. The van der Waals surface area contributed by atoms with Crippen molar-refractivity contribution >= 4 is 46.6 Å². The highest BCUT2D eigenvalue weighted by Gasteiger charge is 2.35. The van der Waals surface area contributed by atoms with Crippen molar-refractivity contribution in [2.75, 3.05) is 10.7 Å². The number of hydrogen-bond donors (Lipinski definition) is 1. The van der Waals surface area contributed by atoms with Crippen LogP contribution in [0.15, 0.2) is 41.3 Å². The second kappa shape index (κ2) is 11.8. The fourth-order valence-corrected chi connectivity index (χ4v) is 6.43. The van der Waals surface area contributed by atoms with Gasteiger partial charge in [0.15, 0.2) is 5.78 Å². The minimum Gasteiger partial charge on any atom is -0.444 e. The number of anilines is 1. The number of benzene rings is 2. The first-order valence-corrected chi connectivity index (χ1v) is 15.1. The van der Waals surface area contributed by atoms with E-state index in [1.807, 2.05) is 0 Å². The number of halogens is 2. The fraction of sp³-hybridized carbons (Fsp3) is 0.414. The van der Waals surface area contributed by atoms with Crippen molar-refractivity contribution in [1.82, 2.24) is 15.5 Å². The minimum absolute atomic E-state index is 0.00635. The second-order valence-electron chi connectivity index (χ2n) is 11.1. The Labute approximate surface area is 244 Å². The summed E-state index contributed by atoms with van der Waals surface area (Å²) >= 11 is 2.63. The van der Waals surface area contributed by atoms with Gasteiger partial charge in [-0.2, -0.15) is 0 Å². The molecule has 0 spiro atoms. The summed E-state index contributed by atoms with van der Waals surface area (Å²) in [7, 11) is 0. The fourth-order valence-electron chi connectivity index (χ4n) is 4.36. The summed E-state index contributed by atoms with van der Waals surface area (Å²) < 4.78 is 33.9. The van der Waals surface area contributed by atoms with E-state index in [-0.39, 0.29) is 30.1 Å². The van der Waals surface area contributed by atoms with Gasteiger partial charge in [0.1, 0.15) is 33.3 Å². The quantitative estimate of drug-likeness (QED) is 0.315. The number of alkyl carbamates (subject to hydrolysis) is 1. The molecule has 2 aromatic carbocycles. The predicted octanol–water partition coefficient (Wildman–Crippen LogP) is 6.04. The Morgan fingerprint density at radius 1 is 1.12 bits per heavy atom. The number of thioether (sulfide) groups is 1. The zero-order valence-electron chi connectivity index (χ0n) is 22.9. The van der Waals surface area contributed by atoms with Crippen LogP contribution in [0.25, 0.3) is 0 Å². The van der Waals surface area contributed by atoms with Gasteiger partial charge in [0.2, 0.25) is 0 Å². The van der Waals surface area contributed by atoms with Crippen LogP contribution in [0.3, 0.4) is 0 Å². The first-order valence-electron chi connectivity index (χ1n) is 13.3. The number of Topliss-reactive ketones (excluding diaryl/α,β-unsaturated/α-hetero) is 1. The molecular weight excluding hydrogens is 570 g/mol. The van der Waals surface area contributed by atoms with Gasteiger partial charge in [-0.3, -0.25) is 9.59 Å². The molecule has 1 atom stereocenters. The smallest absolute Gasteiger partial charge is 0.408 e. The molecule has 1 aromatic heterocycles. The highest BCUT2D eigenvalue weighted by Crippen LogP contribution is 2.42. The van der Waals surface area contributed by atoms with Gasteiger partial charge in [0.25, 0.3) is 5.91 Å². The van der Waals surface area contributed by atoms with E-state index in [1.165, 1.54) is 52.3 Å². The summed E-state index contributed by atoms with van der Waals surface area (Å²) in [5, 5.41) is 12.7. The summed E-state index contributed by atoms with van der Waals surface area (Å²) in [6.45, 7) is 5.23. The molecule has 2 heterocycles. The zero-order chi connectivity index (χ0) is 29.3. The highest BCUT2D eigenvalue weighted by molar-refractivity contribution is 7.99. The summed E-state index contributed by atoms with van der Waals surface area (Å²) in [5.41, 5.74) is 0.217. The molecule has 2 amide bonds. The summed E-state index contributed by atoms with van der Waals surface area (Å²) in [6.07, 6.45) is 1.69. The normalized spacial score (nSPS) is 17.1. The van der Waals surface area contributed by atoms with Crippen LogP contribution in [0, 0.1) is 11.6 Å². The monoisotopic (exact) mass is 600 g/mol. The van der Waals surface area contributed by atoms with Crippen molar-refractivity contribution in [3.05, 3.63) is 69.2 Å². The molecule has 1 saturated carbocycles. The average molecular weight is 601 g/mol. The number of amides is 2. The standard InChI is InChI=1S/C29H30F2N4O4S2/c1-29(2,3)39-28(38)32-21-15-40-24-13-20(31)19(23(36)11-6-16-4-9-18(30)10-5-16)12-22(24)35(27(21)37)14-25-33-34-26(41-25)17-7-8-17/h4-5,9-10,12-13,17,21H,6-8,11,14-15H2,1-3H3,(H,32,38)/t21-/m0/s1. The lowest BCUT2D eigenvalue weighted by molar-refractivity contribution is -0.120. The van der Waals surface area contributed by atoms with Gasteiger partial charge in [0, 0.05) is 23.0 Å². The zero-order valence-corrected chi connectivity index (χ0v) is 24.5. The third-order valence-electron chi connectivity index (χ3n) is 6.56. The Bertz CT molecular complexity index is 1470. The molecule has 216 valence electrons. The lowest BCUT2D eigenvalue weighted by atomic mass is 10.0. The molecular formula is C29H30F2N4O4S2. The van der Waals surface area contributed by atoms with E-state index >= 15 is 4.39 Å². The average Bonchev–Trinajstić information content (AvgIpc) is 3.67. The van der Waals surface area contributed by atoms with Crippen molar-refractivity contribution in [1.29, 1.82) is 0 Å². The highest BCUT2D eigenvalue weighted by atomic mass is 32.2. The molecule has 41 heavy (non-hydrogen) atoms. The second-order valence-corrected chi connectivity index (χ2v) is 13.2. The number of aryl methyl sites for hydroxylation is 1. The first kappa shape index (κ1) is 29.1. The number of rotatable bonds is 8. The largest absolute Gasteiger partial charge is 0.444 e. The molecule has 8 nitrogen and oxygen atoms in total. The van der Waals surface area contributed by atoms with Crippen LogP contribution in [0.1, 0.15) is 71.9 Å². The van der Waals surface area contributed by atoms with Gasteiger partial charge < -0.3 is 15.0 Å². The number of fused-ring (bicyclic) bond motifs is 1. The maximum absolute atomic E-state index is 15.3. The number of ketones is 1. The van der Waals surface area contributed by atoms with E-state index in [2.05, 4.69) is 15.5 Å². The number of hydrogen-bond acceptors (Lipinski definition) is 8. The van der Waals surface area contributed by atoms with Crippen LogP contribution in [0.2, 0.25) is 0 Å². The predicted molar refractivity (Wildman–Crippen MR) is 152 cm³/mol. The van der Waals surface area contributed by atoms with Gasteiger partial charge in [-0.25, -0.2) is 13.6 Å². The summed E-state index contributed by atoms with van der Waals surface area (Å²) in [5.74, 6) is -1.41. The van der Waals surface area contributed by atoms with Crippen molar-refractivity contribution in [3.63, 3.8) is 0 Å². The number of ether oxygens (including phenoxy) is 1. The van der Waals surface area contributed by atoms with E-state index in [0.717, 1.165) is 23.4 Å². The molecule has 1 N–H and O–H groups in total. The topological polar surface area (TPSA) is 101 Å². The number of carbonyl (C=O) groups excluding carboxylic acids is 3. The molecule has 0 bridgehead atoms. The molecule has 12 heteroatoms. The molecule has 1 fully saturated rings. The van der Waals surface area contributed by atoms with Gasteiger partial charge >= 0.3 is 6.09 Å². The Kier molecular flexibility index (Phi) is 8.42. The molecule has 2 aliphatic rings. The van der Waals surface area contributed by atoms with E-state index in [4.69, 9.17) is 4.74 Å². The Morgan fingerprint density at radius 3 is 2.54 bits per heavy atom. The van der Waals surface area contributed by atoms with E-state index in [9.17, 15) is 18.8 Å². The third kappa shape index (κ3) is 7.28. The maximum Gasteiger partial charge on any atom is 0.408 e. The van der Waals surface area contributed by atoms with Gasteiger partial charge in [-0.15, -0.1) is 22.0 Å². The first-order chi connectivity index (χ1) is 19.5. The van der Waals surface area contributed by atoms with Gasteiger partial charge in [-0.05, 0) is 69.9 Å². The van der Waals surface area contributed by atoms with E-state index < -0.39 is 35.2 Å². The van der Waals surface area contributed by atoms with Crippen molar-refractivity contribution in [3.8, 4) is 0 Å². The lowest BCUT2D eigenvalue weighted by Crippen LogP contribution is -2.50. The van der Waals surface area contributed by atoms with E-state index in [0.29, 0.717) is 27.9 Å². The van der Waals surface area contributed by atoms with Crippen LogP contribution >= 0.6 is 23.1 Å². The SMILES string of the molecule is CC(C)(C)OC(=O)N[C@H]1CSc2cc(F)c(C(=O)CCc3ccc(F)cc3)cc2N(Cc2nnc(C3CC3)s2)C1=O. The maximum atomic E-state index is 15.3. The van der Waals surface area contributed by atoms with Crippen molar-refractivity contribution < 1.29 is 27.9 Å². The van der Waals surface area contributed by atoms with Crippen LogP contribution < -0.4 is 10.2 Å². The number of nitrogens with one attached hydrogen (secondary N) is 1. The van der Waals surface area contributed by atoms with Crippen LogP contribution in [-0.4, -0.2) is 45.4 Å².